The van der Waals surface area contributed by atoms with Crippen molar-refractivity contribution in [2.24, 2.45) is 17.3 Å². The van der Waals surface area contributed by atoms with E-state index in [1.54, 1.807) is 13.4 Å². The van der Waals surface area contributed by atoms with Gasteiger partial charge in [0, 0.05) is 117 Å². The standard InChI is InChI=1S/C58H77N9O9S/c1-9-73-52-50(62-53(68)48-34(2)47(48)44-30-72-33-60-44)55(69)67-17-10-11-43(63-67)56(70)75-32-57(4,5)28-42-40-25-36(45-31-77-54(52)61-45)12-15-46(40)66(22-24-74-39-16-23-76-58(6,7)27-39)51(42)41-26-38(29-59-49(41)35(3)71-8)65-20-18-64(19-21-65)37-13-14-37/h12,15,25-26,29-31,33-35,37,39,43,47-48,50,52,63H,9-11,13-14,16-24,27-28,32H2,1-8H3,(H,62,68)/t34-,35-,39+,43-,47-,48+,50-,52-/m0/s1. The molecule has 0 unspecified atom stereocenters. The lowest BCUT2D eigenvalue weighted by Gasteiger charge is -2.37. The fourth-order valence-corrected chi connectivity index (χ4v) is 13.3. The molecule has 3 saturated heterocycles. The van der Waals surface area contributed by atoms with Gasteiger partial charge in [-0.2, -0.15) is 0 Å². The molecule has 8 atom stereocenters. The van der Waals surface area contributed by atoms with E-state index in [0.29, 0.717) is 62.3 Å². The first-order valence-electron chi connectivity index (χ1n) is 28.0. The number of benzene rings is 1. The van der Waals surface area contributed by atoms with Gasteiger partial charge < -0.3 is 42.9 Å². The van der Waals surface area contributed by atoms with Crippen LogP contribution in [0.5, 0.6) is 0 Å². The summed E-state index contributed by atoms with van der Waals surface area (Å²) in [6.07, 6.45) is 9.51. The zero-order valence-corrected chi connectivity index (χ0v) is 46.9. The molecule has 2 aliphatic carbocycles. The summed E-state index contributed by atoms with van der Waals surface area (Å²) < 4.78 is 39.5. The van der Waals surface area contributed by atoms with Gasteiger partial charge in [-0.3, -0.25) is 29.3 Å². The number of hydrogen-bond acceptors (Lipinski definition) is 16. The van der Waals surface area contributed by atoms with Crippen molar-refractivity contribution in [1.29, 1.82) is 0 Å². The molecule has 2 amide bonds. The van der Waals surface area contributed by atoms with E-state index in [1.165, 1.54) is 35.6 Å². The van der Waals surface area contributed by atoms with Crippen LogP contribution < -0.4 is 15.6 Å². The number of aromatic nitrogens is 4. The molecule has 2 N–H and O–H groups in total. The second-order valence-electron chi connectivity index (χ2n) is 23.6. The smallest absolute Gasteiger partial charge is 0.324 e. The molecule has 5 aromatic rings. The third-order valence-corrected chi connectivity index (χ3v) is 17.8. The number of hydrazine groups is 1. The summed E-state index contributed by atoms with van der Waals surface area (Å²) in [6.45, 7) is 20.7. The van der Waals surface area contributed by atoms with Gasteiger partial charge in [0.25, 0.3) is 5.91 Å². The molecule has 5 fully saturated rings. The lowest BCUT2D eigenvalue weighted by molar-refractivity contribution is -0.156. The first-order chi connectivity index (χ1) is 37.1. The van der Waals surface area contributed by atoms with E-state index in [4.69, 9.17) is 38.1 Å². The topological polar surface area (TPSA) is 188 Å². The Labute approximate surface area is 455 Å². The molecule has 18 nitrogen and oxygen atoms in total. The van der Waals surface area contributed by atoms with Crippen LogP contribution in [-0.4, -0.2) is 143 Å². The largest absolute Gasteiger partial charge is 0.464 e. The van der Waals surface area contributed by atoms with Gasteiger partial charge in [0.2, 0.25) is 5.91 Å². The number of thiazole rings is 1. The highest BCUT2D eigenvalue weighted by Crippen LogP contribution is 2.53. The Bertz CT molecular complexity index is 2930. The van der Waals surface area contributed by atoms with Crippen LogP contribution in [0.2, 0.25) is 0 Å². The number of amides is 2. The summed E-state index contributed by atoms with van der Waals surface area (Å²) in [7, 11) is 1.73. The maximum absolute atomic E-state index is 15.0. The Hall–Kier alpha value is -5.28. The van der Waals surface area contributed by atoms with E-state index >= 15 is 0 Å². The first-order valence-corrected chi connectivity index (χ1v) is 28.9. The molecule has 19 heteroatoms. The van der Waals surface area contributed by atoms with E-state index < -0.39 is 41.4 Å². The number of anilines is 1. The lowest BCUT2D eigenvalue weighted by Crippen LogP contribution is -2.61. The number of pyridine rings is 1. The number of fused-ring (bicyclic) bond motifs is 6. The number of cyclic esters (lactones) is 1. The van der Waals surface area contributed by atoms with Gasteiger partial charge in [-0.05, 0) is 95.9 Å². The van der Waals surface area contributed by atoms with Crippen molar-refractivity contribution in [3.63, 3.8) is 0 Å². The van der Waals surface area contributed by atoms with Crippen LogP contribution in [0.25, 0.3) is 33.4 Å². The van der Waals surface area contributed by atoms with E-state index in [9.17, 15) is 14.4 Å². The molecule has 4 aliphatic heterocycles. The van der Waals surface area contributed by atoms with Crippen molar-refractivity contribution in [3.8, 4) is 22.5 Å². The van der Waals surface area contributed by atoms with E-state index in [2.05, 4.69) is 89.0 Å². The molecule has 6 aliphatic rings. The molecule has 6 bridgehead atoms. The summed E-state index contributed by atoms with van der Waals surface area (Å²) in [4.78, 5) is 63.6. The first kappa shape index (κ1) is 53.7. The fraction of sp³-hybridized carbons (Fsp3) is 0.621. The van der Waals surface area contributed by atoms with Gasteiger partial charge in [0.05, 0.1) is 65.7 Å². The van der Waals surface area contributed by atoms with Crippen LogP contribution in [0.15, 0.2) is 52.9 Å². The van der Waals surface area contributed by atoms with Gasteiger partial charge in [-0.25, -0.2) is 15.4 Å². The highest BCUT2D eigenvalue weighted by molar-refractivity contribution is 7.10. The molecule has 1 aromatic carbocycles. The van der Waals surface area contributed by atoms with Crippen molar-refractivity contribution < 1.29 is 42.5 Å². The summed E-state index contributed by atoms with van der Waals surface area (Å²) >= 11 is 1.39. The minimum atomic E-state index is -1.18. The van der Waals surface area contributed by atoms with Crippen LogP contribution in [0.3, 0.4) is 0 Å². The molecule has 77 heavy (non-hydrogen) atoms. The van der Waals surface area contributed by atoms with Crippen molar-refractivity contribution >= 4 is 45.7 Å². The minimum Gasteiger partial charge on any atom is -0.464 e. The number of rotatable bonds is 14. The van der Waals surface area contributed by atoms with E-state index in [1.807, 2.05) is 25.4 Å². The van der Waals surface area contributed by atoms with Crippen molar-refractivity contribution in [1.82, 2.24) is 40.2 Å². The number of piperazine rings is 1. The predicted molar refractivity (Wildman–Crippen MR) is 292 cm³/mol. The molecule has 11 rings (SSSR count). The molecular formula is C58H77N9O9S. The van der Waals surface area contributed by atoms with E-state index in [0.717, 1.165) is 89.4 Å². The highest BCUT2D eigenvalue weighted by Gasteiger charge is 2.55. The second-order valence-corrected chi connectivity index (χ2v) is 24.5. The normalized spacial score (nSPS) is 27.3. The van der Waals surface area contributed by atoms with Gasteiger partial charge in [0.1, 0.15) is 29.5 Å². The van der Waals surface area contributed by atoms with Crippen LogP contribution in [-0.2, 0) is 51.0 Å². The number of esters is 1. The zero-order valence-electron chi connectivity index (χ0n) is 46.0. The number of carbonyl (C=O) groups is 3. The summed E-state index contributed by atoms with van der Waals surface area (Å²) in [5, 5.41) is 8.16. The highest BCUT2D eigenvalue weighted by atomic mass is 32.1. The molecule has 0 spiro atoms. The fourth-order valence-electron chi connectivity index (χ4n) is 12.4. The Morgan fingerprint density at radius 2 is 1.84 bits per heavy atom. The third kappa shape index (κ3) is 11.3. The SMILES string of the molecule is CCO[C@@H]1c2nc(cs2)-c2ccc3c(c2)c(c(-c2cc(N4CCN(C5CC5)CC4)cnc2[C@H](C)OC)n3CCO[C@@H]2CCOC(C)(C)C2)CC(C)(C)COC(=O)[C@@H]2CCCN(N2)C(=O)[C@H]1NC(=O)[C@@H]1[C@@H](C)[C@H]1c1cocn1. The van der Waals surface area contributed by atoms with Crippen molar-refractivity contribution in [2.45, 2.75) is 148 Å². The molecule has 4 aromatic heterocycles. The number of nitrogens with one attached hydrogen (secondary N) is 2. The number of oxazole rings is 1. The minimum absolute atomic E-state index is 0.0204. The van der Waals surface area contributed by atoms with Crippen LogP contribution in [0.4, 0.5) is 5.69 Å². The monoisotopic (exact) mass is 1080 g/mol. The Kier molecular flexibility index (Phi) is 15.4. The van der Waals surface area contributed by atoms with Crippen LogP contribution >= 0.6 is 11.3 Å². The van der Waals surface area contributed by atoms with Crippen molar-refractivity contribution in [2.75, 3.05) is 71.2 Å². The summed E-state index contributed by atoms with van der Waals surface area (Å²) in [6, 6.07) is 7.58. The number of methoxy groups -OCH3 is 1. The lowest BCUT2D eigenvalue weighted by atomic mass is 9.84. The van der Waals surface area contributed by atoms with Gasteiger partial charge >= 0.3 is 5.97 Å². The third-order valence-electron chi connectivity index (χ3n) is 16.9. The Morgan fingerprint density at radius 1 is 1.03 bits per heavy atom. The van der Waals surface area contributed by atoms with E-state index in [-0.39, 0.29) is 48.8 Å². The Morgan fingerprint density at radius 3 is 2.58 bits per heavy atom. The second kappa shape index (κ2) is 22.1. The van der Waals surface area contributed by atoms with Crippen LogP contribution in [0.1, 0.15) is 127 Å². The summed E-state index contributed by atoms with van der Waals surface area (Å²) in [5.74, 6) is -1.76. The molecular weight excluding hydrogens is 999 g/mol. The molecule has 414 valence electrons. The number of ether oxygens (including phenoxy) is 5. The van der Waals surface area contributed by atoms with Gasteiger partial charge in [0.15, 0.2) is 6.39 Å². The van der Waals surface area contributed by atoms with Crippen molar-refractivity contribution in [3.05, 3.63) is 70.5 Å². The zero-order chi connectivity index (χ0) is 53.8. The maximum Gasteiger partial charge on any atom is 0.324 e. The average molecular weight is 1080 g/mol. The predicted octanol–water partition coefficient (Wildman–Crippen LogP) is 8.01. The molecule has 0 radical (unpaired) electrons. The Balaban J connectivity index is 1.03. The molecule has 8 heterocycles. The number of carbonyl (C=O) groups excluding carboxylic acids is 3. The number of nitrogens with zero attached hydrogens (tertiary/aromatic N) is 7. The maximum atomic E-state index is 15.0. The quantitative estimate of drug-likeness (QED) is 0.102. The number of hydrogen-bond donors (Lipinski definition) is 2. The molecule has 2 saturated carbocycles. The van der Waals surface area contributed by atoms with Crippen LogP contribution in [0, 0.1) is 17.3 Å². The average Bonchev–Trinajstić information content (AvgIpc) is 4.37. The van der Waals surface area contributed by atoms with Gasteiger partial charge in [-0.1, -0.05) is 26.8 Å². The van der Waals surface area contributed by atoms with Gasteiger partial charge in [-0.15, -0.1) is 11.3 Å². The summed E-state index contributed by atoms with van der Waals surface area (Å²) in [5.41, 5.74) is 10.7.